The van der Waals surface area contributed by atoms with Crippen LogP contribution in [0.5, 0.6) is 0 Å². The zero-order chi connectivity index (χ0) is 24.7. The molecule has 35 heavy (non-hydrogen) atoms. The third kappa shape index (κ3) is 4.99. The van der Waals surface area contributed by atoms with Gasteiger partial charge < -0.3 is 26.2 Å². The number of hydrogen-bond donors (Lipinski definition) is 4. The fourth-order valence-electron chi connectivity index (χ4n) is 4.63. The average molecular weight is 541 g/mol. The molecular weight excluding hydrogens is 517 g/mol. The van der Waals surface area contributed by atoms with Crippen molar-refractivity contribution in [1.29, 1.82) is 0 Å². The minimum atomic E-state index is -0.644. The van der Waals surface area contributed by atoms with E-state index in [9.17, 15) is 9.90 Å². The van der Waals surface area contributed by atoms with E-state index in [1.807, 2.05) is 4.57 Å². The Morgan fingerprint density at radius 2 is 1.83 bits per heavy atom. The number of hydrogen-bond acceptors (Lipinski definition) is 8. The van der Waals surface area contributed by atoms with Gasteiger partial charge >= 0.3 is 0 Å². The molecule has 0 unspecified atom stereocenters. The molecule has 13 heteroatoms. The lowest BCUT2D eigenvalue weighted by Gasteiger charge is -2.29. The van der Waals surface area contributed by atoms with Crippen LogP contribution in [-0.2, 0) is 9.53 Å². The quantitative estimate of drug-likeness (QED) is 0.369. The highest BCUT2D eigenvalue weighted by Gasteiger charge is 2.30. The molecule has 10 nitrogen and oxygen atoms in total. The Labute approximate surface area is 216 Å². The molecule has 0 radical (unpaired) electrons. The fraction of sp³-hybridized carbons (Fsp3) is 0.455. The van der Waals surface area contributed by atoms with Crippen LogP contribution in [-0.4, -0.2) is 55.9 Å². The maximum Gasteiger partial charge on any atom is 0.225 e. The summed E-state index contributed by atoms with van der Waals surface area (Å²) in [5.41, 5.74) is 7.18. The average Bonchev–Trinajstić information content (AvgIpc) is 3.38. The van der Waals surface area contributed by atoms with E-state index in [0.717, 1.165) is 12.8 Å². The zero-order valence-electron chi connectivity index (χ0n) is 18.5. The third-order valence-corrected chi connectivity index (χ3v) is 7.32. The molecule has 5 rings (SSSR count). The van der Waals surface area contributed by atoms with Crippen molar-refractivity contribution in [3.8, 4) is 0 Å². The molecule has 186 valence electrons. The Hall–Kier alpha value is -2.37. The Morgan fingerprint density at radius 3 is 2.46 bits per heavy atom. The minimum absolute atomic E-state index is 0.00565. The Kier molecular flexibility index (Phi) is 6.91. The van der Waals surface area contributed by atoms with Gasteiger partial charge in [-0.05, 0) is 37.8 Å². The Morgan fingerprint density at radius 1 is 1.11 bits per heavy atom. The van der Waals surface area contributed by atoms with Crippen molar-refractivity contribution in [3.05, 3.63) is 33.4 Å². The van der Waals surface area contributed by atoms with Crippen molar-refractivity contribution in [2.24, 2.45) is 11.7 Å². The summed E-state index contributed by atoms with van der Waals surface area (Å²) in [5.74, 6) is 0.425. The molecule has 3 aromatic rings. The molecule has 1 amide bonds. The van der Waals surface area contributed by atoms with Crippen LogP contribution in [0.3, 0.4) is 0 Å². The van der Waals surface area contributed by atoms with Gasteiger partial charge in [-0.3, -0.25) is 9.36 Å². The smallest absolute Gasteiger partial charge is 0.225 e. The van der Waals surface area contributed by atoms with Crippen LogP contribution in [0.25, 0.3) is 11.2 Å². The number of halogens is 3. The van der Waals surface area contributed by atoms with Gasteiger partial charge in [0, 0.05) is 17.0 Å². The number of imidazole rings is 1. The number of carbonyl (C=O) groups is 1. The monoisotopic (exact) mass is 539 g/mol. The van der Waals surface area contributed by atoms with E-state index in [1.54, 1.807) is 18.3 Å². The molecule has 1 saturated carbocycles. The number of primary amides is 1. The van der Waals surface area contributed by atoms with E-state index in [-0.39, 0.29) is 30.5 Å². The lowest BCUT2D eigenvalue weighted by molar-refractivity contribution is -0.122. The van der Waals surface area contributed by atoms with Crippen molar-refractivity contribution in [2.45, 2.75) is 43.9 Å². The second-order valence-corrected chi connectivity index (χ2v) is 10.1. The molecule has 5 N–H and O–H groups in total. The molecule has 0 spiro atoms. The van der Waals surface area contributed by atoms with Crippen molar-refractivity contribution in [3.63, 3.8) is 0 Å². The summed E-state index contributed by atoms with van der Waals surface area (Å²) < 4.78 is 7.30. The molecule has 2 aliphatic rings. The molecule has 1 aromatic carbocycles. The van der Waals surface area contributed by atoms with Gasteiger partial charge in [0.2, 0.25) is 17.8 Å². The van der Waals surface area contributed by atoms with Crippen LogP contribution < -0.4 is 16.4 Å². The van der Waals surface area contributed by atoms with E-state index in [2.05, 4.69) is 15.6 Å². The molecule has 1 aliphatic carbocycles. The molecule has 2 aromatic heterocycles. The number of fused-ring (bicyclic) bond motifs is 1. The summed E-state index contributed by atoms with van der Waals surface area (Å²) in [6, 6.07) is 2.89. The van der Waals surface area contributed by atoms with Crippen molar-refractivity contribution >= 4 is 69.5 Å². The summed E-state index contributed by atoms with van der Waals surface area (Å²) in [4.78, 5) is 25.5. The van der Waals surface area contributed by atoms with Crippen LogP contribution in [0.1, 0.15) is 31.7 Å². The van der Waals surface area contributed by atoms with Gasteiger partial charge in [0.25, 0.3) is 0 Å². The third-order valence-electron chi connectivity index (χ3n) is 6.51. The zero-order valence-corrected chi connectivity index (χ0v) is 20.8. The normalized spacial score (nSPS) is 24.6. The first-order valence-electron chi connectivity index (χ1n) is 11.3. The summed E-state index contributed by atoms with van der Waals surface area (Å²) in [6.07, 6.45) is 3.76. The molecular formula is C22H24Cl3N7O3. The first-order valence-corrected chi connectivity index (χ1v) is 12.4. The summed E-state index contributed by atoms with van der Waals surface area (Å²) in [6.45, 7) is 0.622. The Bertz CT molecular complexity index is 1240. The molecule has 2 atom stereocenters. The number of benzene rings is 1. The summed E-state index contributed by atoms with van der Waals surface area (Å²) in [5, 5.41) is 17.6. The number of nitrogens with two attached hydrogens (primary N) is 1. The van der Waals surface area contributed by atoms with Crippen molar-refractivity contribution in [2.75, 3.05) is 23.8 Å². The lowest BCUT2D eigenvalue weighted by atomic mass is 9.85. The Balaban J connectivity index is 1.54. The SMILES string of the molecule is NC(=O)[C@H]1CC[C@H](n2c(Nc3c(Cl)cc(Cl)cc3Cl)nc3cnc(N[C@H]4COC[C@@H]4O)nc32)CC1. The largest absolute Gasteiger partial charge is 0.388 e. The molecule has 0 bridgehead atoms. The fourth-order valence-corrected chi connectivity index (χ4v) is 5.54. The van der Waals surface area contributed by atoms with Crippen LogP contribution in [0, 0.1) is 5.92 Å². The molecule has 1 aliphatic heterocycles. The highest BCUT2D eigenvalue weighted by atomic mass is 35.5. The lowest BCUT2D eigenvalue weighted by Crippen LogP contribution is -2.32. The molecule has 1 saturated heterocycles. The number of anilines is 3. The highest BCUT2D eigenvalue weighted by molar-refractivity contribution is 6.41. The second kappa shape index (κ2) is 9.94. The first-order chi connectivity index (χ1) is 16.8. The number of aromatic nitrogens is 4. The van der Waals surface area contributed by atoms with E-state index in [1.165, 1.54) is 0 Å². The van der Waals surface area contributed by atoms with Crippen LogP contribution >= 0.6 is 34.8 Å². The summed E-state index contributed by atoms with van der Waals surface area (Å²) >= 11 is 18.9. The number of carbonyl (C=O) groups excluding carboxylic acids is 1. The predicted octanol–water partition coefficient (Wildman–Crippen LogP) is 3.92. The topological polar surface area (TPSA) is 140 Å². The van der Waals surface area contributed by atoms with Gasteiger partial charge in [0.15, 0.2) is 5.65 Å². The van der Waals surface area contributed by atoms with Crippen LogP contribution in [0.4, 0.5) is 17.6 Å². The number of rotatable bonds is 6. The number of nitrogens with one attached hydrogen (secondary N) is 2. The summed E-state index contributed by atoms with van der Waals surface area (Å²) in [7, 11) is 0. The van der Waals surface area contributed by atoms with Crippen molar-refractivity contribution in [1.82, 2.24) is 19.5 Å². The first kappa shape index (κ1) is 24.3. The number of nitrogens with zero attached hydrogens (tertiary/aromatic N) is 4. The van der Waals surface area contributed by atoms with Crippen LogP contribution in [0.15, 0.2) is 18.3 Å². The van der Waals surface area contributed by atoms with Gasteiger partial charge in [-0.1, -0.05) is 34.8 Å². The second-order valence-electron chi connectivity index (χ2n) is 8.84. The van der Waals surface area contributed by atoms with E-state index < -0.39 is 6.10 Å². The number of aliphatic hydroxyl groups is 1. The minimum Gasteiger partial charge on any atom is -0.388 e. The van der Waals surface area contributed by atoms with E-state index in [4.69, 9.17) is 55.2 Å². The predicted molar refractivity (Wildman–Crippen MR) is 135 cm³/mol. The standard InChI is InChI=1S/C22H24Cl3N7O3/c23-11-5-13(24)18(14(25)6-11)30-22-29-15-7-27-21(28-16-8-35-9-17(16)33)31-20(15)32(22)12-3-1-10(2-4-12)19(26)34/h5-7,10,12,16-17,33H,1-4,8-9H2,(H2,26,34)(H,29,30)(H,27,28,31)/t10-,12-,16-,17-/m0/s1. The van der Waals surface area contributed by atoms with Gasteiger partial charge in [0.05, 0.1) is 47.3 Å². The van der Waals surface area contributed by atoms with E-state index in [0.29, 0.717) is 63.3 Å². The molecule has 2 fully saturated rings. The van der Waals surface area contributed by atoms with E-state index >= 15 is 0 Å². The van der Waals surface area contributed by atoms with Gasteiger partial charge in [-0.15, -0.1) is 0 Å². The molecule has 3 heterocycles. The van der Waals surface area contributed by atoms with Gasteiger partial charge in [-0.2, -0.15) is 4.98 Å². The van der Waals surface area contributed by atoms with Gasteiger partial charge in [0.1, 0.15) is 5.52 Å². The van der Waals surface area contributed by atoms with Gasteiger partial charge in [-0.25, -0.2) is 9.97 Å². The maximum atomic E-state index is 11.7. The highest BCUT2D eigenvalue weighted by Crippen LogP contribution is 2.40. The maximum absolute atomic E-state index is 11.7. The number of amides is 1. The number of ether oxygens (including phenoxy) is 1. The van der Waals surface area contributed by atoms with Crippen LogP contribution in [0.2, 0.25) is 15.1 Å². The van der Waals surface area contributed by atoms with Crippen molar-refractivity contribution < 1.29 is 14.6 Å². The number of aliphatic hydroxyl groups excluding tert-OH is 1.